The lowest BCUT2D eigenvalue weighted by atomic mass is 10.1. The summed E-state index contributed by atoms with van der Waals surface area (Å²) in [5.74, 6) is 2.53. The van der Waals surface area contributed by atoms with E-state index in [1.54, 1.807) is 6.20 Å². The number of nitrogens with zero attached hydrogens (tertiary/aromatic N) is 2. The van der Waals surface area contributed by atoms with Crippen LogP contribution in [-0.2, 0) is 15.5 Å². The van der Waals surface area contributed by atoms with Crippen LogP contribution in [0.3, 0.4) is 0 Å². The molecule has 3 rings (SSSR count). The van der Waals surface area contributed by atoms with Crippen molar-refractivity contribution in [2.45, 2.75) is 39.9 Å². The van der Waals surface area contributed by atoms with E-state index in [0.717, 1.165) is 39.8 Å². The topological polar surface area (TPSA) is 97.4 Å². The smallest absolute Gasteiger partial charge is 0.407 e. The quantitative estimate of drug-likeness (QED) is 0.251. The molecule has 37 heavy (non-hydrogen) atoms. The molecule has 0 bridgehead atoms. The summed E-state index contributed by atoms with van der Waals surface area (Å²) < 4.78 is 11.3. The van der Waals surface area contributed by atoms with E-state index in [2.05, 4.69) is 57.5 Å². The standard InChI is InChI=1S/C28H39N5O3S/c1-7-37(5,6)35-20-21-9-8-10-24(17-21)33-26-18-22(13-14-29-26)23-11-12-25(32-19-23)30-15-16-31-27(34)36-28(2,3)4/h8-14,17-19H,7,15-16,20H2,1-6H3,(H,29,33)(H,30,32)(H,31,34). The number of hydrogen-bond donors (Lipinski definition) is 3. The summed E-state index contributed by atoms with van der Waals surface area (Å²) in [5.41, 5.74) is 3.57. The van der Waals surface area contributed by atoms with Gasteiger partial charge in [0, 0.05) is 36.7 Å². The molecule has 3 aromatic rings. The number of carbonyl (C=O) groups is 1. The third-order valence-corrected chi connectivity index (χ3v) is 7.54. The number of aromatic nitrogens is 2. The zero-order valence-electron chi connectivity index (χ0n) is 22.6. The number of carbonyl (C=O) groups excluding carboxylic acids is 1. The van der Waals surface area contributed by atoms with Crippen LogP contribution >= 0.6 is 10.3 Å². The third-order valence-electron chi connectivity index (χ3n) is 5.40. The number of alkyl carbamates (subject to hydrolysis) is 1. The summed E-state index contributed by atoms with van der Waals surface area (Å²) >= 11 is 0. The van der Waals surface area contributed by atoms with Crippen molar-refractivity contribution in [3.05, 3.63) is 66.5 Å². The zero-order valence-corrected chi connectivity index (χ0v) is 23.4. The lowest BCUT2D eigenvalue weighted by Crippen LogP contribution is -2.35. The Kier molecular flexibility index (Phi) is 9.77. The largest absolute Gasteiger partial charge is 0.444 e. The summed E-state index contributed by atoms with van der Waals surface area (Å²) in [4.78, 5) is 20.7. The molecular weight excluding hydrogens is 486 g/mol. The van der Waals surface area contributed by atoms with Gasteiger partial charge in [0.25, 0.3) is 0 Å². The Balaban J connectivity index is 1.54. The first-order valence-corrected chi connectivity index (χ1v) is 14.9. The first kappa shape index (κ1) is 28.3. The van der Waals surface area contributed by atoms with Gasteiger partial charge in [-0.15, -0.1) is 10.3 Å². The lowest BCUT2D eigenvalue weighted by molar-refractivity contribution is 0.0530. The second-order valence-corrected chi connectivity index (χ2v) is 13.7. The Hall–Kier alpha value is -3.30. The third kappa shape index (κ3) is 9.93. The molecule has 3 N–H and O–H groups in total. The van der Waals surface area contributed by atoms with Gasteiger partial charge in [0.15, 0.2) is 0 Å². The van der Waals surface area contributed by atoms with Crippen LogP contribution in [0.15, 0.2) is 60.9 Å². The van der Waals surface area contributed by atoms with Crippen LogP contribution < -0.4 is 16.0 Å². The number of anilines is 3. The average Bonchev–Trinajstić information content (AvgIpc) is 2.85. The molecule has 0 radical (unpaired) electrons. The predicted octanol–water partition coefficient (Wildman–Crippen LogP) is 6.34. The maximum absolute atomic E-state index is 11.7. The Labute approximate surface area is 222 Å². The van der Waals surface area contributed by atoms with E-state index in [-0.39, 0.29) is 0 Å². The molecule has 0 saturated heterocycles. The molecule has 8 nitrogen and oxygen atoms in total. The van der Waals surface area contributed by atoms with Crippen molar-refractivity contribution in [3.8, 4) is 11.1 Å². The Bertz CT molecular complexity index is 1160. The van der Waals surface area contributed by atoms with Crippen LogP contribution in [0, 0.1) is 0 Å². The molecule has 0 unspecified atom stereocenters. The zero-order chi connectivity index (χ0) is 26.9. The van der Waals surface area contributed by atoms with Crippen molar-refractivity contribution in [3.63, 3.8) is 0 Å². The molecule has 0 aliphatic carbocycles. The molecule has 0 saturated carbocycles. The van der Waals surface area contributed by atoms with Gasteiger partial charge >= 0.3 is 6.09 Å². The summed E-state index contributed by atoms with van der Waals surface area (Å²) in [6.07, 6.45) is 7.55. The van der Waals surface area contributed by atoms with E-state index >= 15 is 0 Å². The van der Waals surface area contributed by atoms with Gasteiger partial charge in [0.1, 0.15) is 17.2 Å². The van der Waals surface area contributed by atoms with E-state index in [1.807, 2.05) is 63.4 Å². The number of amides is 1. The highest BCUT2D eigenvalue weighted by molar-refractivity contribution is 8.28. The van der Waals surface area contributed by atoms with Gasteiger partial charge in [-0.2, -0.15) is 0 Å². The Morgan fingerprint density at radius 2 is 1.78 bits per heavy atom. The molecule has 9 heteroatoms. The highest BCUT2D eigenvalue weighted by Gasteiger charge is 2.15. The van der Waals surface area contributed by atoms with Crippen LogP contribution in [0.25, 0.3) is 11.1 Å². The van der Waals surface area contributed by atoms with Crippen molar-refractivity contribution in [1.29, 1.82) is 0 Å². The van der Waals surface area contributed by atoms with Crippen molar-refractivity contribution in [1.82, 2.24) is 15.3 Å². The van der Waals surface area contributed by atoms with Crippen LogP contribution in [0.2, 0.25) is 0 Å². The molecule has 0 spiro atoms. The number of ether oxygens (including phenoxy) is 1. The molecule has 1 amide bonds. The van der Waals surface area contributed by atoms with Crippen LogP contribution in [0.1, 0.15) is 33.3 Å². The van der Waals surface area contributed by atoms with Gasteiger partial charge in [0.2, 0.25) is 0 Å². The Morgan fingerprint density at radius 3 is 2.49 bits per heavy atom. The molecule has 1 aromatic carbocycles. The van der Waals surface area contributed by atoms with E-state index in [0.29, 0.717) is 19.7 Å². The van der Waals surface area contributed by atoms with Gasteiger partial charge < -0.3 is 24.9 Å². The lowest BCUT2D eigenvalue weighted by Gasteiger charge is -2.29. The number of rotatable bonds is 11. The van der Waals surface area contributed by atoms with Crippen molar-refractivity contribution >= 4 is 33.7 Å². The number of benzene rings is 1. The van der Waals surface area contributed by atoms with Gasteiger partial charge in [-0.1, -0.05) is 19.1 Å². The average molecular weight is 526 g/mol. The molecule has 0 aliphatic rings. The van der Waals surface area contributed by atoms with Gasteiger partial charge in [0.05, 0.1) is 6.61 Å². The number of pyridine rings is 2. The van der Waals surface area contributed by atoms with Crippen LogP contribution in [0.5, 0.6) is 0 Å². The maximum atomic E-state index is 11.7. The highest BCUT2D eigenvalue weighted by Crippen LogP contribution is 2.41. The minimum atomic E-state index is -1.01. The molecular formula is C28H39N5O3S. The fraction of sp³-hybridized carbons (Fsp3) is 0.393. The second kappa shape index (κ2) is 12.8. The second-order valence-electron chi connectivity index (χ2n) is 10.0. The SMILES string of the molecule is CCS(C)(C)OCc1cccc(Nc2cc(-c3ccc(NCCNC(=O)OC(C)(C)C)nc3)ccn2)c1. The van der Waals surface area contributed by atoms with E-state index < -0.39 is 22.0 Å². The summed E-state index contributed by atoms with van der Waals surface area (Å²) in [6, 6.07) is 16.1. The number of nitrogens with one attached hydrogen (secondary N) is 3. The molecule has 200 valence electrons. The van der Waals surface area contributed by atoms with Gasteiger partial charge in [-0.05, 0) is 86.6 Å². The predicted molar refractivity (Wildman–Crippen MR) is 155 cm³/mol. The minimum absolute atomic E-state index is 0.429. The molecule has 0 atom stereocenters. The molecule has 0 fully saturated rings. The normalized spacial score (nSPS) is 12.1. The Morgan fingerprint density at radius 1 is 0.973 bits per heavy atom. The monoisotopic (exact) mass is 525 g/mol. The fourth-order valence-electron chi connectivity index (χ4n) is 3.21. The van der Waals surface area contributed by atoms with E-state index in [9.17, 15) is 4.79 Å². The van der Waals surface area contributed by atoms with Crippen molar-refractivity contribution in [2.75, 3.05) is 42.0 Å². The first-order valence-electron chi connectivity index (χ1n) is 12.4. The van der Waals surface area contributed by atoms with E-state index in [4.69, 9.17) is 8.92 Å². The van der Waals surface area contributed by atoms with Crippen LogP contribution in [-0.4, -0.2) is 53.0 Å². The minimum Gasteiger partial charge on any atom is -0.444 e. The molecule has 2 heterocycles. The molecule has 2 aromatic heterocycles. The first-order chi connectivity index (χ1) is 17.5. The van der Waals surface area contributed by atoms with Gasteiger partial charge in [-0.3, -0.25) is 0 Å². The summed E-state index contributed by atoms with van der Waals surface area (Å²) in [7, 11) is -1.01. The highest BCUT2D eigenvalue weighted by atomic mass is 32.3. The van der Waals surface area contributed by atoms with Crippen molar-refractivity contribution in [2.24, 2.45) is 0 Å². The summed E-state index contributed by atoms with van der Waals surface area (Å²) in [6.45, 7) is 9.24. The van der Waals surface area contributed by atoms with Gasteiger partial charge in [-0.25, -0.2) is 14.8 Å². The summed E-state index contributed by atoms with van der Waals surface area (Å²) in [5, 5.41) is 9.32. The fourth-order valence-corrected chi connectivity index (χ4v) is 3.84. The maximum Gasteiger partial charge on any atom is 0.407 e. The molecule has 0 aliphatic heterocycles. The van der Waals surface area contributed by atoms with E-state index in [1.165, 1.54) is 0 Å². The van der Waals surface area contributed by atoms with Crippen molar-refractivity contribution < 1.29 is 13.7 Å². The number of hydrogen-bond acceptors (Lipinski definition) is 7. The van der Waals surface area contributed by atoms with Crippen LogP contribution in [0.4, 0.5) is 22.1 Å².